The first kappa shape index (κ1) is 26.9. The first-order valence-electron chi connectivity index (χ1n) is 12.6. The number of nitrogens with one attached hydrogen (secondary N) is 1. The van der Waals surface area contributed by atoms with E-state index in [0.29, 0.717) is 45.4 Å². The normalized spacial score (nSPS) is 30.8. The van der Waals surface area contributed by atoms with Crippen LogP contribution in [0.4, 0.5) is 0 Å². The molecule has 0 bridgehead atoms. The predicted molar refractivity (Wildman–Crippen MR) is 130 cm³/mol. The van der Waals surface area contributed by atoms with Crippen molar-refractivity contribution in [2.75, 3.05) is 39.8 Å². The number of likely N-dealkylation sites (N-methyl/N-ethyl adjacent to an activating group) is 1. The van der Waals surface area contributed by atoms with Gasteiger partial charge in [0.05, 0.1) is 6.04 Å². The summed E-state index contributed by atoms with van der Waals surface area (Å²) in [5.41, 5.74) is 5.44. The maximum Gasteiger partial charge on any atom is 0.454 e. The quantitative estimate of drug-likeness (QED) is 0.229. The minimum atomic E-state index is -1.30. The molecule has 0 aromatic heterocycles. The number of carbonyl (C=O) groups excluding carboxylic acids is 3. The van der Waals surface area contributed by atoms with Crippen molar-refractivity contribution in [3.05, 3.63) is 0 Å². The van der Waals surface area contributed by atoms with Gasteiger partial charge in [0, 0.05) is 31.2 Å². The van der Waals surface area contributed by atoms with Crippen LogP contribution in [0, 0.1) is 5.41 Å². The lowest BCUT2D eigenvalue weighted by molar-refractivity contribution is -0.142. The lowest BCUT2D eigenvalue weighted by Gasteiger charge is -2.51. The Kier molecular flexibility index (Phi) is 8.65. The summed E-state index contributed by atoms with van der Waals surface area (Å²) in [6, 6.07) is -0.184. The zero-order valence-corrected chi connectivity index (χ0v) is 20.9. The standard InChI is InChI=1S/C23H42BN5O5/c1-17-12-19(26-3)21(32)29(17)15-20(31)27-9-5-22(2,6-10-27)28(16-30)11-7-23(4-8-25)13-18(14-23)24(33)34/h16-19,26,33-34H,4-15,25H2,1-3H3. The van der Waals surface area contributed by atoms with Gasteiger partial charge in [-0.2, -0.15) is 0 Å². The highest BCUT2D eigenvalue weighted by Gasteiger charge is 2.48. The van der Waals surface area contributed by atoms with E-state index in [-0.39, 0.29) is 47.2 Å². The highest BCUT2D eigenvalue weighted by molar-refractivity contribution is 6.43. The highest BCUT2D eigenvalue weighted by Crippen LogP contribution is 2.54. The van der Waals surface area contributed by atoms with Gasteiger partial charge in [-0.1, -0.05) is 0 Å². The zero-order valence-electron chi connectivity index (χ0n) is 20.9. The van der Waals surface area contributed by atoms with E-state index in [1.807, 2.05) is 16.7 Å². The predicted octanol–water partition coefficient (Wildman–Crippen LogP) is -0.603. The summed E-state index contributed by atoms with van der Waals surface area (Å²) in [5, 5.41) is 21.9. The number of nitrogens with two attached hydrogens (primary N) is 1. The van der Waals surface area contributed by atoms with Crippen LogP contribution in [0.2, 0.25) is 5.82 Å². The molecular formula is C23H42BN5O5. The lowest BCUT2D eigenvalue weighted by Crippen LogP contribution is -2.56. The van der Waals surface area contributed by atoms with Gasteiger partial charge in [0.2, 0.25) is 18.2 Å². The largest absolute Gasteiger partial charge is 0.454 e. The van der Waals surface area contributed by atoms with E-state index in [4.69, 9.17) is 5.73 Å². The zero-order chi connectivity index (χ0) is 25.1. The van der Waals surface area contributed by atoms with Crippen LogP contribution in [0.15, 0.2) is 0 Å². The van der Waals surface area contributed by atoms with E-state index in [9.17, 15) is 24.4 Å². The molecule has 3 rings (SSSR count). The molecule has 2 unspecified atom stereocenters. The molecule has 0 spiro atoms. The van der Waals surface area contributed by atoms with Crippen LogP contribution in [0.5, 0.6) is 0 Å². The van der Waals surface area contributed by atoms with Crippen molar-refractivity contribution in [3.63, 3.8) is 0 Å². The number of nitrogens with zero attached hydrogens (tertiary/aromatic N) is 3. The van der Waals surface area contributed by atoms with Gasteiger partial charge in [-0.05, 0) is 83.6 Å². The molecule has 11 heteroatoms. The number of hydrogen-bond acceptors (Lipinski definition) is 7. The number of hydrogen-bond donors (Lipinski definition) is 4. The van der Waals surface area contributed by atoms with E-state index in [1.54, 1.807) is 11.9 Å². The molecule has 3 fully saturated rings. The summed E-state index contributed by atoms with van der Waals surface area (Å²) >= 11 is 0. The third-order valence-corrected chi connectivity index (χ3v) is 8.73. The summed E-state index contributed by atoms with van der Waals surface area (Å²) in [4.78, 5) is 42.8. The van der Waals surface area contributed by atoms with Crippen LogP contribution in [-0.4, -0.2) is 107 Å². The molecule has 0 aromatic carbocycles. The second-order valence-electron chi connectivity index (χ2n) is 10.9. The fourth-order valence-corrected chi connectivity index (χ4v) is 6.14. The van der Waals surface area contributed by atoms with E-state index in [1.165, 1.54) is 0 Å². The Labute approximate surface area is 203 Å². The summed E-state index contributed by atoms with van der Waals surface area (Å²) in [6.07, 6.45) is 6.01. The number of piperidine rings is 1. The van der Waals surface area contributed by atoms with E-state index >= 15 is 0 Å². The molecule has 2 aliphatic heterocycles. The van der Waals surface area contributed by atoms with E-state index in [0.717, 1.165) is 32.1 Å². The Balaban J connectivity index is 1.52. The van der Waals surface area contributed by atoms with Crippen LogP contribution in [0.1, 0.15) is 58.8 Å². The number of carbonyl (C=O) groups is 3. The molecule has 2 saturated heterocycles. The molecule has 0 radical (unpaired) electrons. The van der Waals surface area contributed by atoms with Crippen LogP contribution >= 0.6 is 0 Å². The Morgan fingerprint density at radius 2 is 1.94 bits per heavy atom. The molecule has 3 aliphatic rings. The number of rotatable bonds is 11. The Morgan fingerprint density at radius 3 is 2.44 bits per heavy atom. The van der Waals surface area contributed by atoms with Gasteiger partial charge in [0.15, 0.2) is 0 Å². The Hall–Kier alpha value is -1.69. The highest BCUT2D eigenvalue weighted by atomic mass is 16.4. The molecule has 34 heavy (non-hydrogen) atoms. The maximum atomic E-state index is 12.9. The lowest BCUT2D eigenvalue weighted by atomic mass is 9.47. The molecule has 192 valence electrons. The van der Waals surface area contributed by atoms with Crippen molar-refractivity contribution in [2.45, 2.75) is 82.2 Å². The molecule has 10 nitrogen and oxygen atoms in total. The van der Waals surface area contributed by atoms with Crippen molar-refractivity contribution in [1.82, 2.24) is 20.0 Å². The molecule has 1 aliphatic carbocycles. The average Bonchev–Trinajstić information content (AvgIpc) is 3.04. The molecule has 2 heterocycles. The van der Waals surface area contributed by atoms with Crippen molar-refractivity contribution in [2.24, 2.45) is 11.1 Å². The van der Waals surface area contributed by atoms with Gasteiger partial charge in [0.25, 0.3) is 0 Å². The van der Waals surface area contributed by atoms with Crippen molar-refractivity contribution < 1.29 is 24.4 Å². The average molecular weight is 479 g/mol. The van der Waals surface area contributed by atoms with Crippen LogP contribution in [0.25, 0.3) is 0 Å². The monoisotopic (exact) mass is 479 g/mol. The maximum absolute atomic E-state index is 12.9. The third-order valence-electron chi connectivity index (χ3n) is 8.73. The van der Waals surface area contributed by atoms with Gasteiger partial charge < -0.3 is 35.8 Å². The van der Waals surface area contributed by atoms with Gasteiger partial charge in [0.1, 0.15) is 6.54 Å². The van der Waals surface area contributed by atoms with E-state index in [2.05, 4.69) is 12.2 Å². The Bertz CT molecular complexity index is 739. The molecule has 1 saturated carbocycles. The summed E-state index contributed by atoms with van der Waals surface area (Å²) in [7, 11) is 0.470. The second kappa shape index (κ2) is 10.9. The molecule has 0 aromatic rings. The fourth-order valence-electron chi connectivity index (χ4n) is 6.14. The van der Waals surface area contributed by atoms with Gasteiger partial charge in [-0.25, -0.2) is 0 Å². The van der Waals surface area contributed by atoms with Gasteiger partial charge in [-0.15, -0.1) is 0 Å². The number of amides is 3. The molecular weight excluding hydrogens is 437 g/mol. The van der Waals surface area contributed by atoms with Crippen LogP contribution < -0.4 is 11.1 Å². The minimum absolute atomic E-state index is 0.0179. The minimum Gasteiger partial charge on any atom is -0.427 e. The third kappa shape index (κ3) is 5.58. The SMILES string of the molecule is CNC1CC(C)N(CC(=O)N2CCC(C)(N(C=O)CCC3(CCN)CC(B(O)O)C3)CC2)C1=O. The van der Waals surface area contributed by atoms with Gasteiger partial charge >= 0.3 is 7.12 Å². The van der Waals surface area contributed by atoms with Crippen molar-refractivity contribution in [3.8, 4) is 0 Å². The first-order valence-corrected chi connectivity index (χ1v) is 12.6. The molecule has 5 N–H and O–H groups in total. The van der Waals surface area contributed by atoms with Crippen LogP contribution in [-0.2, 0) is 14.4 Å². The number of likely N-dealkylation sites (tertiary alicyclic amines) is 2. The summed E-state index contributed by atoms with van der Waals surface area (Å²) in [5.74, 6) is -0.174. The topological polar surface area (TPSA) is 139 Å². The van der Waals surface area contributed by atoms with Gasteiger partial charge in [-0.3, -0.25) is 14.4 Å². The summed E-state index contributed by atoms with van der Waals surface area (Å²) < 4.78 is 0. The van der Waals surface area contributed by atoms with E-state index < -0.39 is 7.12 Å². The second-order valence-corrected chi connectivity index (χ2v) is 10.9. The Morgan fingerprint density at radius 1 is 1.29 bits per heavy atom. The first-order chi connectivity index (χ1) is 16.1. The smallest absolute Gasteiger partial charge is 0.427 e. The van der Waals surface area contributed by atoms with Crippen molar-refractivity contribution in [1.29, 1.82) is 0 Å². The summed E-state index contributed by atoms with van der Waals surface area (Å²) in [6.45, 7) is 6.39. The van der Waals surface area contributed by atoms with Crippen molar-refractivity contribution >= 4 is 25.3 Å². The molecule has 2 atom stereocenters. The fraction of sp³-hybridized carbons (Fsp3) is 0.870. The molecule has 3 amide bonds. The van der Waals surface area contributed by atoms with Crippen LogP contribution in [0.3, 0.4) is 0 Å².